The van der Waals surface area contributed by atoms with Crippen LogP contribution in [0, 0.1) is 17.5 Å². The summed E-state index contributed by atoms with van der Waals surface area (Å²) in [6.45, 7) is -0.856. The molecule has 0 unspecified atom stereocenters. The number of alkyl halides is 3. The first-order valence-electron chi connectivity index (χ1n) is 6.80. The van der Waals surface area contributed by atoms with Gasteiger partial charge in [-0.3, -0.25) is 0 Å². The van der Waals surface area contributed by atoms with Crippen LogP contribution in [-0.4, -0.2) is 17.5 Å². The van der Waals surface area contributed by atoms with Gasteiger partial charge in [0.1, 0.15) is 23.2 Å². The van der Waals surface area contributed by atoms with Gasteiger partial charge in [-0.1, -0.05) is 0 Å². The molecule has 0 aliphatic heterocycles. The average Bonchev–Trinajstić information content (AvgIpc) is 2.43. The third-order valence-electron chi connectivity index (χ3n) is 2.93. The van der Waals surface area contributed by atoms with E-state index in [0.29, 0.717) is 24.3 Å². The molecule has 0 aromatic heterocycles. The zero-order valence-corrected chi connectivity index (χ0v) is 12.6. The van der Waals surface area contributed by atoms with Gasteiger partial charge >= 0.3 is 12.4 Å². The van der Waals surface area contributed by atoms with E-state index in [0.717, 1.165) is 6.07 Å². The first-order chi connectivity index (χ1) is 12.1. The number of rotatable bonds is 4. The lowest BCUT2D eigenvalue weighted by Gasteiger charge is -2.13. The lowest BCUT2D eigenvalue weighted by atomic mass is 10.1. The monoisotopic (exact) mass is 380 g/mol. The largest absolute Gasteiger partial charge is 0.573 e. The number of carbonyl (C=O) groups excluding carboxylic acids is 1. The van der Waals surface area contributed by atoms with E-state index >= 15 is 0 Å². The average molecular weight is 380 g/mol. The van der Waals surface area contributed by atoms with E-state index in [-0.39, 0.29) is 0 Å². The Morgan fingerprint density at radius 2 is 1.65 bits per heavy atom. The molecule has 2 aromatic carbocycles. The summed E-state index contributed by atoms with van der Waals surface area (Å²) in [5, 5.41) is 13.1. The van der Waals surface area contributed by atoms with Crippen molar-refractivity contribution >= 4 is 17.4 Å². The Hall–Kier alpha value is -2.95. The smallest absolute Gasteiger partial charge is 0.406 e. The summed E-state index contributed by atoms with van der Waals surface area (Å²) >= 11 is 0. The van der Waals surface area contributed by atoms with E-state index in [2.05, 4.69) is 4.74 Å². The van der Waals surface area contributed by atoms with Crippen LogP contribution in [-0.2, 0) is 6.61 Å². The van der Waals surface area contributed by atoms with Crippen molar-refractivity contribution in [1.29, 1.82) is 0 Å². The maximum absolute atomic E-state index is 13.5. The van der Waals surface area contributed by atoms with Gasteiger partial charge in [-0.25, -0.2) is 18.0 Å². The standard InChI is InChI=1S/C15H10F6N2O3/c16-7-1-9(5-10(2-7)26-15(19,20)21)22-14(25)23-13-4-8(17)3-12(18)11(13)6-24/h1-5,24H,6H2,(H2,22,23,25). The maximum Gasteiger partial charge on any atom is 0.573 e. The fourth-order valence-electron chi connectivity index (χ4n) is 1.99. The number of aliphatic hydroxyl groups excluding tert-OH is 1. The van der Waals surface area contributed by atoms with E-state index in [1.165, 1.54) is 0 Å². The van der Waals surface area contributed by atoms with Gasteiger partial charge in [0, 0.05) is 29.4 Å². The predicted octanol–water partition coefficient (Wildman–Crippen LogP) is 4.14. The van der Waals surface area contributed by atoms with E-state index in [1.54, 1.807) is 0 Å². The summed E-state index contributed by atoms with van der Waals surface area (Å²) in [4.78, 5) is 11.8. The molecule has 0 aliphatic carbocycles. The molecule has 26 heavy (non-hydrogen) atoms. The molecule has 0 saturated heterocycles. The highest BCUT2D eigenvalue weighted by molar-refractivity contribution is 6.00. The summed E-state index contributed by atoms with van der Waals surface area (Å²) < 4.78 is 80.2. The Bertz CT molecular complexity index is 826. The number of ether oxygens (including phenoxy) is 1. The normalized spacial score (nSPS) is 11.2. The third kappa shape index (κ3) is 5.28. The molecule has 140 valence electrons. The number of amides is 2. The van der Waals surface area contributed by atoms with E-state index < -0.39 is 59.1 Å². The molecule has 3 N–H and O–H groups in total. The zero-order chi connectivity index (χ0) is 19.5. The molecule has 0 heterocycles. The van der Waals surface area contributed by atoms with Gasteiger partial charge < -0.3 is 20.5 Å². The van der Waals surface area contributed by atoms with Crippen molar-refractivity contribution in [3.8, 4) is 5.75 Å². The quantitative estimate of drug-likeness (QED) is 0.699. The Kier molecular flexibility index (Phi) is 5.60. The number of aliphatic hydroxyl groups is 1. The van der Waals surface area contributed by atoms with Crippen LogP contribution in [0.15, 0.2) is 30.3 Å². The van der Waals surface area contributed by atoms with Gasteiger partial charge in [0.05, 0.1) is 12.3 Å². The molecule has 0 fully saturated rings. The van der Waals surface area contributed by atoms with E-state index in [1.807, 2.05) is 10.6 Å². The fourth-order valence-corrected chi connectivity index (χ4v) is 1.99. The summed E-state index contributed by atoms with van der Waals surface area (Å²) in [6.07, 6.45) is -5.07. The molecule has 0 bridgehead atoms. The highest BCUT2D eigenvalue weighted by Crippen LogP contribution is 2.27. The third-order valence-corrected chi connectivity index (χ3v) is 2.93. The molecular weight excluding hydrogens is 370 g/mol. The van der Waals surface area contributed by atoms with Crippen molar-refractivity contribution in [3.05, 3.63) is 53.3 Å². The molecule has 11 heteroatoms. The molecule has 0 aliphatic rings. The van der Waals surface area contributed by atoms with Gasteiger partial charge in [0.2, 0.25) is 0 Å². The molecule has 0 radical (unpaired) electrons. The first kappa shape index (κ1) is 19.4. The van der Waals surface area contributed by atoms with Gasteiger partial charge in [0.15, 0.2) is 0 Å². The SMILES string of the molecule is O=C(Nc1cc(F)cc(OC(F)(F)F)c1)Nc1cc(F)cc(F)c1CO. The summed E-state index contributed by atoms with van der Waals surface area (Å²) in [7, 11) is 0. The molecule has 0 atom stereocenters. The van der Waals surface area contributed by atoms with Crippen molar-refractivity contribution in [1.82, 2.24) is 0 Å². The number of hydrogen-bond acceptors (Lipinski definition) is 3. The fraction of sp³-hybridized carbons (Fsp3) is 0.133. The van der Waals surface area contributed by atoms with E-state index in [4.69, 9.17) is 5.11 Å². The van der Waals surface area contributed by atoms with Crippen LogP contribution >= 0.6 is 0 Å². The lowest BCUT2D eigenvalue weighted by molar-refractivity contribution is -0.274. The van der Waals surface area contributed by atoms with Crippen molar-refractivity contribution in [3.63, 3.8) is 0 Å². The minimum absolute atomic E-state index is 0.411. The number of benzene rings is 2. The topological polar surface area (TPSA) is 70.6 Å². The minimum atomic E-state index is -5.07. The molecule has 0 saturated carbocycles. The highest BCUT2D eigenvalue weighted by Gasteiger charge is 2.31. The van der Waals surface area contributed by atoms with Gasteiger partial charge in [-0.2, -0.15) is 0 Å². The van der Waals surface area contributed by atoms with Crippen LogP contribution in [0.5, 0.6) is 5.75 Å². The number of anilines is 2. The van der Waals surface area contributed by atoms with Gasteiger partial charge in [-0.05, 0) is 12.1 Å². The lowest BCUT2D eigenvalue weighted by Crippen LogP contribution is -2.21. The van der Waals surface area contributed by atoms with Crippen LogP contribution < -0.4 is 15.4 Å². The molecule has 5 nitrogen and oxygen atoms in total. The summed E-state index contributed by atoms with van der Waals surface area (Å²) in [5.41, 5.74) is -1.24. The van der Waals surface area contributed by atoms with Gasteiger partial charge in [-0.15, -0.1) is 13.2 Å². The Labute approximate surface area is 142 Å². The second-order valence-electron chi connectivity index (χ2n) is 4.87. The van der Waals surface area contributed by atoms with Crippen LogP contribution in [0.3, 0.4) is 0 Å². The number of halogens is 6. The molecular formula is C15H10F6N2O3. The molecule has 2 amide bonds. The van der Waals surface area contributed by atoms with Crippen LogP contribution in [0.4, 0.5) is 42.5 Å². The van der Waals surface area contributed by atoms with Crippen molar-refractivity contribution in [2.45, 2.75) is 13.0 Å². The highest BCUT2D eigenvalue weighted by atomic mass is 19.4. The van der Waals surface area contributed by atoms with Crippen LogP contribution in [0.2, 0.25) is 0 Å². The molecule has 2 rings (SSSR count). The van der Waals surface area contributed by atoms with Crippen molar-refractivity contribution < 1.29 is 41.0 Å². The number of hydrogen-bond donors (Lipinski definition) is 3. The Balaban J connectivity index is 2.18. The number of urea groups is 1. The predicted molar refractivity (Wildman–Crippen MR) is 78.0 cm³/mol. The molecule has 0 spiro atoms. The second-order valence-corrected chi connectivity index (χ2v) is 4.87. The maximum atomic E-state index is 13.5. The summed E-state index contributed by atoms with van der Waals surface area (Å²) in [5.74, 6) is -4.20. The van der Waals surface area contributed by atoms with Gasteiger partial charge in [0.25, 0.3) is 0 Å². The Morgan fingerprint density at radius 3 is 2.27 bits per heavy atom. The Morgan fingerprint density at radius 1 is 1.00 bits per heavy atom. The minimum Gasteiger partial charge on any atom is -0.406 e. The second kappa shape index (κ2) is 7.52. The van der Waals surface area contributed by atoms with Crippen LogP contribution in [0.1, 0.15) is 5.56 Å². The molecule has 2 aromatic rings. The first-order valence-corrected chi connectivity index (χ1v) is 6.80. The number of carbonyl (C=O) groups is 1. The van der Waals surface area contributed by atoms with Crippen molar-refractivity contribution in [2.75, 3.05) is 10.6 Å². The zero-order valence-electron chi connectivity index (χ0n) is 12.6. The summed E-state index contributed by atoms with van der Waals surface area (Å²) in [6, 6.07) is 1.90. The van der Waals surface area contributed by atoms with Crippen molar-refractivity contribution in [2.24, 2.45) is 0 Å². The van der Waals surface area contributed by atoms with Crippen LogP contribution in [0.25, 0.3) is 0 Å². The van der Waals surface area contributed by atoms with E-state index in [9.17, 15) is 31.1 Å². The number of nitrogens with one attached hydrogen (secondary N) is 2.